The van der Waals surface area contributed by atoms with Crippen LogP contribution in [0.5, 0.6) is 5.75 Å². The molecule has 1 rings (SSSR count). The first-order valence-electron chi connectivity index (χ1n) is 7.71. The van der Waals surface area contributed by atoms with Crippen molar-refractivity contribution in [2.24, 2.45) is 5.73 Å². The van der Waals surface area contributed by atoms with E-state index in [-0.39, 0.29) is 30.3 Å². The van der Waals surface area contributed by atoms with Crippen molar-refractivity contribution in [3.8, 4) is 5.75 Å². The largest absolute Gasteiger partial charge is 0.488 e. The number of carbonyl (C=O) groups excluding carboxylic acids is 3. The van der Waals surface area contributed by atoms with Crippen molar-refractivity contribution < 1.29 is 23.9 Å². The predicted octanol–water partition coefficient (Wildman–Crippen LogP) is 3.48. The molecular formula is C17H22ClNO5. The van der Waals surface area contributed by atoms with Crippen molar-refractivity contribution >= 4 is 29.8 Å². The Morgan fingerprint density at radius 1 is 1.29 bits per heavy atom. The second-order valence-electron chi connectivity index (χ2n) is 5.33. The summed E-state index contributed by atoms with van der Waals surface area (Å²) in [5.41, 5.74) is 6.66. The standard InChI is InChI=1S/C17H22ClNO5/c1-4-5-6-12-14(11(3)21)16(23-7-8-24-17(19)22)13(9-20)10(2)15(12)18/h9H,4-8H2,1-3H3,(H2,19,22). The number of nitrogens with two attached hydrogens (primary N) is 1. The Kier molecular flexibility index (Phi) is 7.71. The van der Waals surface area contributed by atoms with Crippen LogP contribution in [-0.2, 0) is 11.2 Å². The highest BCUT2D eigenvalue weighted by molar-refractivity contribution is 6.33. The molecule has 0 aliphatic heterocycles. The molecule has 7 heteroatoms. The van der Waals surface area contributed by atoms with Crippen LogP contribution >= 0.6 is 11.6 Å². The minimum Gasteiger partial charge on any atom is -0.488 e. The molecule has 24 heavy (non-hydrogen) atoms. The quantitative estimate of drug-likeness (QED) is 0.415. The number of carbonyl (C=O) groups is 3. The van der Waals surface area contributed by atoms with Crippen molar-refractivity contribution in [2.45, 2.75) is 40.0 Å². The predicted molar refractivity (Wildman–Crippen MR) is 91.2 cm³/mol. The van der Waals surface area contributed by atoms with Crippen molar-refractivity contribution in [3.05, 3.63) is 27.3 Å². The van der Waals surface area contributed by atoms with Gasteiger partial charge in [-0.2, -0.15) is 0 Å². The fraction of sp³-hybridized carbons (Fsp3) is 0.471. The van der Waals surface area contributed by atoms with E-state index >= 15 is 0 Å². The van der Waals surface area contributed by atoms with Gasteiger partial charge in [0.2, 0.25) is 0 Å². The number of aldehydes is 1. The molecule has 0 unspecified atom stereocenters. The van der Waals surface area contributed by atoms with Gasteiger partial charge in [0, 0.05) is 5.02 Å². The SMILES string of the molecule is CCCCc1c(Cl)c(C)c(C=O)c(OCCOC(N)=O)c1C(C)=O. The zero-order valence-electron chi connectivity index (χ0n) is 14.1. The van der Waals surface area contributed by atoms with Gasteiger partial charge in [0.15, 0.2) is 12.1 Å². The second kappa shape index (κ2) is 9.27. The van der Waals surface area contributed by atoms with E-state index in [9.17, 15) is 14.4 Å². The van der Waals surface area contributed by atoms with Gasteiger partial charge >= 0.3 is 6.09 Å². The summed E-state index contributed by atoms with van der Waals surface area (Å²) >= 11 is 6.38. The number of ether oxygens (including phenoxy) is 2. The first-order chi connectivity index (χ1) is 11.3. The first kappa shape index (κ1) is 20.0. The topological polar surface area (TPSA) is 95.7 Å². The molecule has 0 aromatic heterocycles. The van der Waals surface area contributed by atoms with Gasteiger partial charge in [0.25, 0.3) is 0 Å². The molecule has 0 heterocycles. The molecule has 1 amide bonds. The maximum absolute atomic E-state index is 12.2. The number of halogens is 1. The number of hydrogen-bond acceptors (Lipinski definition) is 5. The van der Waals surface area contributed by atoms with Crippen LogP contribution in [0, 0.1) is 6.92 Å². The second-order valence-corrected chi connectivity index (χ2v) is 5.71. The zero-order chi connectivity index (χ0) is 18.3. The molecular weight excluding hydrogens is 334 g/mol. The fourth-order valence-corrected chi connectivity index (χ4v) is 2.73. The summed E-state index contributed by atoms with van der Waals surface area (Å²) in [4.78, 5) is 34.2. The number of benzene rings is 1. The first-order valence-corrected chi connectivity index (χ1v) is 8.08. The lowest BCUT2D eigenvalue weighted by molar-refractivity contribution is 0.100. The molecule has 1 aromatic rings. The van der Waals surface area contributed by atoms with Crippen molar-refractivity contribution in [1.82, 2.24) is 0 Å². The van der Waals surface area contributed by atoms with E-state index in [0.29, 0.717) is 34.4 Å². The molecule has 0 atom stereocenters. The Bertz CT molecular complexity index is 643. The average molecular weight is 356 g/mol. The van der Waals surface area contributed by atoms with Gasteiger partial charge in [-0.3, -0.25) is 9.59 Å². The zero-order valence-corrected chi connectivity index (χ0v) is 14.9. The summed E-state index contributed by atoms with van der Waals surface area (Å²) in [5.74, 6) is -0.0597. The van der Waals surface area contributed by atoms with Crippen LogP contribution in [0.3, 0.4) is 0 Å². The Morgan fingerprint density at radius 3 is 2.46 bits per heavy atom. The van der Waals surface area contributed by atoms with Gasteiger partial charge in [-0.05, 0) is 37.8 Å². The van der Waals surface area contributed by atoms with E-state index in [1.807, 2.05) is 6.92 Å². The monoisotopic (exact) mass is 355 g/mol. The van der Waals surface area contributed by atoms with Crippen LogP contribution in [0.25, 0.3) is 0 Å². The van der Waals surface area contributed by atoms with Gasteiger partial charge in [-0.1, -0.05) is 24.9 Å². The molecule has 0 fully saturated rings. The van der Waals surface area contributed by atoms with Crippen molar-refractivity contribution in [2.75, 3.05) is 13.2 Å². The maximum Gasteiger partial charge on any atom is 0.404 e. The van der Waals surface area contributed by atoms with Crippen LogP contribution in [0.4, 0.5) is 4.79 Å². The Morgan fingerprint density at radius 2 is 1.96 bits per heavy atom. The number of ketones is 1. The van der Waals surface area contributed by atoms with Crippen LogP contribution < -0.4 is 10.5 Å². The van der Waals surface area contributed by atoms with Gasteiger partial charge in [0.1, 0.15) is 19.0 Å². The third-order valence-corrected chi connectivity index (χ3v) is 4.11. The molecule has 2 N–H and O–H groups in total. The fourth-order valence-electron chi connectivity index (χ4n) is 2.43. The molecule has 0 radical (unpaired) electrons. The number of Topliss-reactive ketones (excluding diaryl/α,β-unsaturated/α-hetero) is 1. The smallest absolute Gasteiger partial charge is 0.404 e. The lowest BCUT2D eigenvalue weighted by Crippen LogP contribution is -2.19. The molecule has 132 valence electrons. The van der Waals surface area contributed by atoms with Gasteiger partial charge < -0.3 is 15.2 Å². The minimum absolute atomic E-state index is 0.0294. The molecule has 1 aromatic carbocycles. The highest BCUT2D eigenvalue weighted by Gasteiger charge is 2.24. The normalized spacial score (nSPS) is 10.3. The third kappa shape index (κ3) is 4.71. The van der Waals surface area contributed by atoms with E-state index in [1.165, 1.54) is 6.92 Å². The molecule has 0 aliphatic carbocycles. The Labute approximate surface area is 146 Å². The maximum atomic E-state index is 12.2. The highest BCUT2D eigenvalue weighted by atomic mass is 35.5. The average Bonchev–Trinajstić information content (AvgIpc) is 2.52. The number of primary amides is 1. The third-order valence-electron chi connectivity index (χ3n) is 3.60. The van der Waals surface area contributed by atoms with Crippen LogP contribution in [-0.4, -0.2) is 31.4 Å². The molecule has 0 spiro atoms. The molecule has 0 saturated heterocycles. The molecule has 0 aliphatic rings. The number of rotatable bonds is 9. The lowest BCUT2D eigenvalue weighted by atomic mass is 9.92. The number of hydrogen-bond donors (Lipinski definition) is 1. The van der Waals surface area contributed by atoms with E-state index in [4.69, 9.17) is 22.1 Å². The van der Waals surface area contributed by atoms with Crippen LogP contribution in [0.2, 0.25) is 5.02 Å². The van der Waals surface area contributed by atoms with Crippen molar-refractivity contribution in [1.29, 1.82) is 0 Å². The summed E-state index contributed by atoms with van der Waals surface area (Å²) in [6, 6.07) is 0. The summed E-state index contributed by atoms with van der Waals surface area (Å²) < 4.78 is 10.2. The molecule has 6 nitrogen and oxygen atoms in total. The van der Waals surface area contributed by atoms with E-state index in [0.717, 1.165) is 12.8 Å². The van der Waals surface area contributed by atoms with Crippen LogP contribution in [0.15, 0.2) is 0 Å². The molecule has 0 bridgehead atoms. The Hall–Kier alpha value is -2.08. The van der Waals surface area contributed by atoms with Crippen molar-refractivity contribution in [3.63, 3.8) is 0 Å². The number of unbranched alkanes of at least 4 members (excludes halogenated alkanes) is 1. The highest BCUT2D eigenvalue weighted by Crippen LogP contribution is 2.37. The minimum atomic E-state index is -0.920. The van der Waals surface area contributed by atoms with Crippen LogP contribution in [0.1, 0.15) is 58.5 Å². The Balaban J connectivity index is 3.34. The van der Waals surface area contributed by atoms with Gasteiger partial charge in [-0.25, -0.2) is 4.79 Å². The summed E-state index contributed by atoms with van der Waals surface area (Å²) in [5, 5.41) is 0.413. The van der Waals surface area contributed by atoms with E-state index < -0.39 is 6.09 Å². The van der Waals surface area contributed by atoms with Gasteiger partial charge in [0.05, 0.1) is 11.1 Å². The lowest BCUT2D eigenvalue weighted by Gasteiger charge is -2.19. The summed E-state index contributed by atoms with van der Waals surface area (Å²) in [7, 11) is 0. The number of amides is 1. The van der Waals surface area contributed by atoms with E-state index in [2.05, 4.69) is 4.74 Å². The van der Waals surface area contributed by atoms with E-state index in [1.54, 1.807) is 6.92 Å². The summed E-state index contributed by atoms with van der Waals surface area (Å²) in [6.07, 6.45) is 2.09. The summed E-state index contributed by atoms with van der Waals surface area (Å²) in [6.45, 7) is 5.03. The molecule has 0 saturated carbocycles. The van der Waals surface area contributed by atoms with Gasteiger partial charge in [-0.15, -0.1) is 0 Å².